The summed E-state index contributed by atoms with van der Waals surface area (Å²) >= 11 is 0. The minimum atomic E-state index is 0.204. The van der Waals surface area contributed by atoms with Crippen LogP contribution in [0.2, 0.25) is 0 Å². The highest BCUT2D eigenvalue weighted by Gasteiger charge is 2.23. The number of hydrogen-bond acceptors (Lipinski definition) is 4. The van der Waals surface area contributed by atoms with Crippen molar-refractivity contribution in [2.45, 2.75) is 26.0 Å². The van der Waals surface area contributed by atoms with E-state index in [0.29, 0.717) is 12.1 Å². The minimum Gasteiger partial charge on any atom is -0.497 e. The van der Waals surface area contributed by atoms with Crippen LogP contribution in [0.15, 0.2) is 36.4 Å². The standard InChI is InChI=1S/C18H18N2O2/c1-12-7-14-8-17(21-2)9-15(18(14)22-12)11-20-16-5-3-13(10-19)4-6-16/h3-6,8-9,12,20H,7,11H2,1-2H3/t12-/m0/s1. The van der Waals surface area contributed by atoms with Crippen molar-refractivity contribution in [3.05, 3.63) is 53.1 Å². The van der Waals surface area contributed by atoms with E-state index >= 15 is 0 Å². The molecular formula is C18H18N2O2. The predicted molar refractivity (Wildman–Crippen MR) is 85.3 cm³/mol. The summed E-state index contributed by atoms with van der Waals surface area (Å²) in [6.45, 7) is 2.72. The SMILES string of the molecule is COc1cc(CNc2ccc(C#N)cc2)c2c(c1)C[C@H](C)O2. The van der Waals surface area contributed by atoms with Gasteiger partial charge >= 0.3 is 0 Å². The second kappa shape index (κ2) is 5.98. The maximum absolute atomic E-state index is 8.82. The van der Waals surface area contributed by atoms with Crippen LogP contribution in [0.5, 0.6) is 11.5 Å². The van der Waals surface area contributed by atoms with Crippen molar-refractivity contribution in [3.63, 3.8) is 0 Å². The molecule has 2 aromatic carbocycles. The van der Waals surface area contributed by atoms with Crippen molar-refractivity contribution in [2.24, 2.45) is 0 Å². The van der Waals surface area contributed by atoms with Gasteiger partial charge in [-0.2, -0.15) is 5.26 Å². The van der Waals surface area contributed by atoms with Crippen LogP contribution >= 0.6 is 0 Å². The lowest BCUT2D eigenvalue weighted by Gasteiger charge is -2.13. The van der Waals surface area contributed by atoms with Gasteiger partial charge in [0.15, 0.2) is 0 Å². The van der Waals surface area contributed by atoms with Gasteiger partial charge in [-0.25, -0.2) is 0 Å². The van der Waals surface area contributed by atoms with Gasteiger partial charge in [-0.05, 0) is 43.3 Å². The lowest BCUT2D eigenvalue weighted by atomic mass is 10.1. The van der Waals surface area contributed by atoms with E-state index < -0.39 is 0 Å². The highest BCUT2D eigenvalue weighted by molar-refractivity contribution is 5.53. The molecule has 1 heterocycles. The second-order valence-electron chi connectivity index (χ2n) is 5.45. The van der Waals surface area contributed by atoms with Crippen molar-refractivity contribution in [2.75, 3.05) is 12.4 Å². The molecular weight excluding hydrogens is 276 g/mol. The third kappa shape index (κ3) is 2.84. The van der Waals surface area contributed by atoms with Gasteiger partial charge in [-0.1, -0.05) is 0 Å². The molecule has 1 aliphatic heterocycles. The summed E-state index contributed by atoms with van der Waals surface area (Å²) in [5.74, 6) is 1.82. The van der Waals surface area contributed by atoms with Crippen LogP contribution in [0, 0.1) is 11.3 Å². The Labute approximate surface area is 130 Å². The summed E-state index contributed by atoms with van der Waals surface area (Å²) in [5.41, 5.74) is 3.91. The Balaban J connectivity index is 1.80. The van der Waals surface area contributed by atoms with Crippen molar-refractivity contribution < 1.29 is 9.47 Å². The van der Waals surface area contributed by atoms with Gasteiger partial charge in [0.2, 0.25) is 0 Å². The molecule has 1 atom stereocenters. The quantitative estimate of drug-likeness (QED) is 0.937. The smallest absolute Gasteiger partial charge is 0.128 e. The molecule has 4 heteroatoms. The van der Waals surface area contributed by atoms with Gasteiger partial charge in [0, 0.05) is 29.8 Å². The van der Waals surface area contributed by atoms with Gasteiger partial charge in [0.1, 0.15) is 17.6 Å². The van der Waals surface area contributed by atoms with E-state index in [9.17, 15) is 0 Å². The molecule has 1 N–H and O–H groups in total. The fourth-order valence-corrected chi connectivity index (χ4v) is 2.69. The number of benzene rings is 2. The second-order valence-corrected chi connectivity index (χ2v) is 5.45. The van der Waals surface area contributed by atoms with Crippen LogP contribution in [0.3, 0.4) is 0 Å². The molecule has 22 heavy (non-hydrogen) atoms. The number of methoxy groups -OCH3 is 1. The van der Waals surface area contributed by atoms with Crippen molar-refractivity contribution in [1.82, 2.24) is 0 Å². The zero-order chi connectivity index (χ0) is 15.5. The molecule has 0 saturated heterocycles. The zero-order valence-corrected chi connectivity index (χ0v) is 12.7. The third-order valence-corrected chi connectivity index (χ3v) is 3.78. The first kappa shape index (κ1) is 14.3. The largest absolute Gasteiger partial charge is 0.497 e. The molecule has 0 bridgehead atoms. The Morgan fingerprint density at radius 2 is 2.09 bits per heavy atom. The van der Waals surface area contributed by atoms with Gasteiger partial charge in [0.25, 0.3) is 0 Å². The van der Waals surface area contributed by atoms with Crippen molar-refractivity contribution in [3.8, 4) is 17.6 Å². The molecule has 0 spiro atoms. The van der Waals surface area contributed by atoms with Crippen LogP contribution in [0.1, 0.15) is 23.6 Å². The van der Waals surface area contributed by atoms with Crippen LogP contribution in [-0.2, 0) is 13.0 Å². The summed E-state index contributed by atoms with van der Waals surface area (Å²) in [7, 11) is 1.68. The number of hydrogen-bond donors (Lipinski definition) is 1. The van der Waals surface area contributed by atoms with Gasteiger partial charge in [-0.15, -0.1) is 0 Å². The Hall–Kier alpha value is -2.67. The molecule has 1 aliphatic rings. The first-order valence-corrected chi connectivity index (χ1v) is 7.30. The molecule has 2 aromatic rings. The Morgan fingerprint density at radius 1 is 1.32 bits per heavy atom. The number of ether oxygens (including phenoxy) is 2. The van der Waals surface area contributed by atoms with Gasteiger partial charge in [-0.3, -0.25) is 0 Å². The van der Waals surface area contributed by atoms with E-state index in [1.165, 1.54) is 5.56 Å². The van der Waals surface area contributed by atoms with E-state index in [0.717, 1.165) is 29.2 Å². The molecule has 3 rings (SSSR count). The summed E-state index contributed by atoms with van der Waals surface area (Å²) in [6.07, 6.45) is 1.12. The summed E-state index contributed by atoms with van der Waals surface area (Å²) < 4.78 is 11.3. The maximum Gasteiger partial charge on any atom is 0.128 e. The van der Waals surface area contributed by atoms with Crippen LogP contribution in [0.25, 0.3) is 0 Å². The lowest BCUT2D eigenvalue weighted by Crippen LogP contribution is -2.07. The third-order valence-electron chi connectivity index (χ3n) is 3.78. The van der Waals surface area contributed by atoms with E-state index in [1.807, 2.05) is 24.3 Å². The zero-order valence-electron chi connectivity index (χ0n) is 12.7. The summed E-state index contributed by atoms with van der Waals surface area (Å²) in [5, 5.41) is 12.2. The van der Waals surface area contributed by atoms with E-state index in [1.54, 1.807) is 19.2 Å². The highest BCUT2D eigenvalue weighted by atomic mass is 16.5. The predicted octanol–water partition coefficient (Wildman–Crippen LogP) is 3.50. The average Bonchev–Trinajstić information content (AvgIpc) is 2.93. The molecule has 0 aliphatic carbocycles. The molecule has 112 valence electrons. The first-order valence-electron chi connectivity index (χ1n) is 7.30. The van der Waals surface area contributed by atoms with Crippen molar-refractivity contribution >= 4 is 5.69 Å². The van der Waals surface area contributed by atoms with Gasteiger partial charge in [0.05, 0.1) is 18.7 Å². The van der Waals surface area contributed by atoms with Gasteiger partial charge < -0.3 is 14.8 Å². The molecule has 4 nitrogen and oxygen atoms in total. The number of fused-ring (bicyclic) bond motifs is 1. The maximum atomic E-state index is 8.82. The van der Waals surface area contributed by atoms with Crippen LogP contribution in [-0.4, -0.2) is 13.2 Å². The Kier molecular flexibility index (Phi) is 3.88. The summed E-state index contributed by atoms with van der Waals surface area (Å²) in [6, 6.07) is 13.6. The number of anilines is 1. The molecule has 0 unspecified atom stereocenters. The van der Waals surface area contributed by atoms with E-state index in [2.05, 4.69) is 18.3 Å². The highest BCUT2D eigenvalue weighted by Crippen LogP contribution is 2.36. The molecule has 0 saturated carbocycles. The Morgan fingerprint density at radius 3 is 2.77 bits per heavy atom. The molecule has 0 radical (unpaired) electrons. The summed E-state index contributed by atoms with van der Waals surface area (Å²) in [4.78, 5) is 0. The van der Waals surface area contributed by atoms with Crippen LogP contribution in [0.4, 0.5) is 5.69 Å². The van der Waals surface area contributed by atoms with E-state index in [-0.39, 0.29) is 6.10 Å². The number of nitrogens with zero attached hydrogens (tertiary/aromatic N) is 1. The fourth-order valence-electron chi connectivity index (χ4n) is 2.69. The average molecular weight is 294 g/mol. The first-order chi connectivity index (χ1) is 10.7. The topological polar surface area (TPSA) is 54.3 Å². The number of nitrogens with one attached hydrogen (secondary N) is 1. The molecule has 0 amide bonds. The minimum absolute atomic E-state index is 0.204. The number of nitriles is 1. The number of rotatable bonds is 4. The fraction of sp³-hybridized carbons (Fsp3) is 0.278. The lowest BCUT2D eigenvalue weighted by molar-refractivity contribution is 0.252. The van der Waals surface area contributed by atoms with Crippen LogP contribution < -0.4 is 14.8 Å². The molecule has 0 aromatic heterocycles. The van der Waals surface area contributed by atoms with Crippen molar-refractivity contribution in [1.29, 1.82) is 5.26 Å². The normalized spacial score (nSPS) is 15.6. The molecule has 0 fully saturated rings. The van der Waals surface area contributed by atoms with E-state index in [4.69, 9.17) is 14.7 Å². The Bertz CT molecular complexity index is 717. The monoisotopic (exact) mass is 294 g/mol.